The fourth-order valence-corrected chi connectivity index (χ4v) is 5.05. The second-order valence-electron chi connectivity index (χ2n) is 9.77. The summed E-state index contributed by atoms with van der Waals surface area (Å²) in [7, 11) is 0. The van der Waals surface area contributed by atoms with Gasteiger partial charge in [0.2, 0.25) is 0 Å². The number of aryl methyl sites for hydroxylation is 3. The Morgan fingerprint density at radius 3 is 1.89 bits per heavy atom. The lowest BCUT2D eigenvalue weighted by atomic mass is 9.82. The van der Waals surface area contributed by atoms with E-state index in [0.717, 1.165) is 36.2 Å². The van der Waals surface area contributed by atoms with E-state index in [-0.39, 0.29) is 17.0 Å². The van der Waals surface area contributed by atoms with Gasteiger partial charge in [-0.25, -0.2) is 4.98 Å². The molecule has 0 bridgehead atoms. The van der Waals surface area contributed by atoms with Crippen molar-refractivity contribution < 1.29 is 9.59 Å². The van der Waals surface area contributed by atoms with E-state index in [2.05, 4.69) is 32.8 Å². The predicted octanol–water partition coefficient (Wildman–Crippen LogP) is 6.53. The highest BCUT2D eigenvalue weighted by molar-refractivity contribution is 6.30. The number of aromatic nitrogens is 2. The summed E-state index contributed by atoms with van der Waals surface area (Å²) in [6, 6.07) is 15.2. The normalized spacial score (nSPS) is 13.9. The van der Waals surface area contributed by atoms with Crippen LogP contribution in [0.2, 0.25) is 5.15 Å². The minimum atomic E-state index is -0.749. The number of imidazole rings is 1. The molecule has 0 saturated heterocycles. The molecule has 2 heterocycles. The van der Waals surface area contributed by atoms with Gasteiger partial charge < -0.3 is 20.9 Å². The van der Waals surface area contributed by atoms with Crippen LogP contribution in [0.4, 0.5) is 11.4 Å². The molecule has 1 aliphatic heterocycles. The van der Waals surface area contributed by atoms with Crippen LogP contribution in [0.25, 0.3) is 0 Å². The van der Waals surface area contributed by atoms with E-state index < -0.39 is 5.92 Å². The van der Waals surface area contributed by atoms with Gasteiger partial charge in [-0.05, 0) is 69.5 Å². The third-order valence-corrected chi connectivity index (χ3v) is 6.88. The van der Waals surface area contributed by atoms with Crippen molar-refractivity contribution in [3.05, 3.63) is 98.9 Å². The monoisotopic (exact) mass is 531 g/mol. The van der Waals surface area contributed by atoms with Crippen LogP contribution in [0.15, 0.2) is 71.1 Å². The first-order valence-electron chi connectivity index (χ1n) is 12.9. The Labute approximate surface area is 228 Å². The molecule has 0 radical (unpaired) electrons. The lowest BCUT2D eigenvalue weighted by Gasteiger charge is -2.30. The van der Waals surface area contributed by atoms with Crippen molar-refractivity contribution in [2.75, 3.05) is 10.6 Å². The number of aromatic amines is 1. The average molecular weight is 532 g/mol. The molecule has 0 atom stereocenters. The molecule has 38 heavy (non-hydrogen) atoms. The molecule has 7 nitrogen and oxygen atoms in total. The second-order valence-corrected chi connectivity index (χ2v) is 10.1. The zero-order valence-corrected chi connectivity index (χ0v) is 23.2. The number of carbonyl (C=O) groups is 2. The summed E-state index contributed by atoms with van der Waals surface area (Å²) in [6.07, 6.45) is 2.68. The van der Waals surface area contributed by atoms with Crippen molar-refractivity contribution in [1.82, 2.24) is 15.3 Å². The van der Waals surface area contributed by atoms with E-state index in [4.69, 9.17) is 11.6 Å². The van der Waals surface area contributed by atoms with Gasteiger partial charge in [-0.1, -0.05) is 49.2 Å². The highest BCUT2D eigenvalue weighted by atomic mass is 35.5. The molecule has 198 valence electrons. The number of amides is 2. The second kappa shape index (κ2) is 11.7. The lowest BCUT2D eigenvalue weighted by molar-refractivity contribution is -0.113. The number of unbranched alkanes of at least 4 members (excludes halogenated alkanes) is 1. The highest BCUT2D eigenvalue weighted by Gasteiger charge is 2.39. The molecule has 2 aromatic carbocycles. The molecule has 3 aromatic rings. The largest absolute Gasteiger partial charge is 0.362 e. The third-order valence-electron chi connectivity index (χ3n) is 6.59. The number of H-pyrrole nitrogens is 1. The number of benzene rings is 2. The standard InChI is InChI=1S/C30H34ClN5O2/c1-6-7-14-23-35-27(28(31)36-23)26-24(29(37)33-21-12-8-10-17(2)15-21)19(4)32-20(5)25(26)30(38)34-22-13-9-11-18(3)16-22/h8-13,15-16,26,32H,6-7,14H2,1-5H3,(H,33,37)(H,34,38)(H,35,36). The molecule has 0 saturated carbocycles. The minimum Gasteiger partial charge on any atom is -0.362 e. The van der Waals surface area contributed by atoms with Gasteiger partial charge >= 0.3 is 0 Å². The number of anilines is 2. The number of allylic oxidation sites excluding steroid dienone is 2. The van der Waals surface area contributed by atoms with Crippen molar-refractivity contribution >= 4 is 34.8 Å². The molecule has 0 spiro atoms. The van der Waals surface area contributed by atoms with Crippen LogP contribution < -0.4 is 16.0 Å². The van der Waals surface area contributed by atoms with Gasteiger partial charge in [-0.15, -0.1) is 0 Å². The first-order valence-corrected chi connectivity index (χ1v) is 13.2. The Hall–Kier alpha value is -3.84. The van der Waals surface area contributed by atoms with Crippen molar-refractivity contribution in [3.8, 4) is 0 Å². The maximum atomic E-state index is 13.8. The molecule has 4 N–H and O–H groups in total. The molecule has 0 unspecified atom stereocenters. The first kappa shape index (κ1) is 27.2. The Bertz CT molecular complexity index is 1350. The van der Waals surface area contributed by atoms with Gasteiger partial charge in [0.1, 0.15) is 5.82 Å². The maximum absolute atomic E-state index is 13.8. The Morgan fingerprint density at radius 1 is 0.895 bits per heavy atom. The lowest BCUT2D eigenvalue weighted by Crippen LogP contribution is -2.35. The number of rotatable bonds is 8. The average Bonchev–Trinajstić information content (AvgIpc) is 3.22. The predicted molar refractivity (Wildman–Crippen MR) is 153 cm³/mol. The number of halogens is 1. The number of nitrogens with zero attached hydrogens (tertiary/aromatic N) is 1. The number of dihydropyridines is 1. The highest BCUT2D eigenvalue weighted by Crippen LogP contribution is 2.41. The van der Waals surface area contributed by atoms with Gasteiger partial charge in [0.25, 0.3) is 11.8 Å². The first-order chi connectivity index (χ1) is 18.2. The maximum Gasteiger partial charge on any atom is 0.254 e. The van der Waals surface area contributed by atoms with Crippen LogP contribution >= 0.6 is 11.6 Å². The van der Waals surface area contributed by atoms with Crippen molar-refractivity contribution in [2.45, 2.75) is 59.8 Å². The van der Waals surface area contributed by atoms with E-state index in [9.17, 15) is 9.59 Å². The topological polar surface area (TPSA) is 98.9 Å². The van der Waals surface area contributed by atoms with Crippen LogP contribution in [0.5, 0.6) is 0 Å². The molecule has 8 heteroatoms. The van der Waals surface area contributed by atoms with Gasteiger partial charge in [0, 0.05) is 40.3 Å². The van der Waals surface area contributed by atoms with Gasteiger partial charge in [-0.3, -0.25) is 9.59 Å². The number of nitrogens with one attached hydrogen (secondary N) is 4. The number of carbonyl (C=O) groups excluding carboxylic acids is 2. The molecule has 4 rings (SSSR count). The fourth-order valence-electron chi connectivity index (χ4n) is 4.79. The molecule has 2 amide bonds. The van der Waals surface area contributed by atoms with E-state index >= 15 is 0 Å². The van der Waals surface area contributed by atoms with Crippen molar-refractivity contribution in [3.63, 3.8) is 0 Å². The van der Waals surface area contributed by atoms with Gasteiger partial charge in [0.05, 0.1) is 11.6 Å². The van der Waals surface area contributed by atoms with E-state index in [1.165, 1.54) is 0 Å². The van der Waals surface area contributed by atoms with Gasteiger partial charge in [-0.2, -0.15) is 0 Å². The van der Waals surface area contributed by atoms with Crippen LogP contribution in [-0.2, 0) is 16.0 Å². The number of hydrogen-bond acceptors (Lipinski definition) is 4. The van der Waals surface area contributed by atoms with E-state index in [1.807, 2.05) is 76.2 Å². The summed E-state index contributed by atoms with van der Waals surface area (Å²) >= 11 is 6.68. The summed E-state index contributed by atoms with van der Waals surface area (Å²) in [4.78, 5) is 35.5. The SMILES string of the molecule is CCCCc1nc(Cl)c(C2C(C(=O)Nc3cccc(C)c3)=C(C)NC(C)=C2C(=O)Nc2cccc(C)c2)[nH]1. The Kier molecular flexibility index (Phi) is 8.37. The minimum absolute atomic E-state index is 0.255. The molecule has 0 fully saturated rings. The zero-order valence-electron chi connectivity index (χ0n) is 22.5. The van der Waals surface area contributed by atoms with Crippen molar-refractivity contribution in [1.29, 1.82) is 0 Å². The summed E-state index contributed by atoms with van der Waals surface area (Å²) < 4.78 is 0. The number of hydrogen-bond donors (Lipinski definition) is 4. The molecule has 1 aliphatic rings. The fraction of sp³-hybridized carbons (Fsp3) is 0.300. The zero-order chi connectivity index (χ0) is 27.4. The smallest absolute Gasteiger partial charge is 0.254 e. The van der Waals surface area contributed by atoms with Crippen molar-refractivity contribution in [2.24, 2.45) is 0 Å². The third kappa shape index (κ3) is 6.00. The summed E-state index contributed by atoms with van der Waals surface area (Å²) in [6.45, 7) is 9.70. The van der Waals surface area contributed by atoms with E-state index in [1.54, 1.807) is 0 Å². The van der Waals surface area contributed by atoms with Gasteiger partial charge in [0.15, 0.2) is 5.15 Å². The van der Waals surface area contributed by atoms with Crippen LogP contribution in [-0.4, -0.2) is 21.8 Å². The quantitative estimate of drug-likeness (QED) is 0.265. The molecule has 1 aromatic heterocycles. The van der Waals surface area contributed by atoms with Crippen LogP contribution in [0.1, 0.15) is 62.2 Å². The molecular weight excluding hydrogens is 498 g/mol. The van der Waals surface area contributed by atoms with E-state index in [0.29, 0.717) is 39.6 Å². The van der Waals surface area contributed by atoms with Crippen LogP contribution in [0, 0.1) is 13.8 Å². The summed E-state index contributed by atoms with van der Waals surface area (Å²) in [5.74, 6) is -0.654. The summed E-state index contributed by atoms with van der Waals surface area (Å²) in [5, 5.41) is 9.52. The molecule has 0 aliphatic carbocycles. The Morgan fingerprint density at radius 2 is 1.42 bits per heavy atom. The molecular formula is C30H34ClN5O2. The Balaban J connectivity index is 1.78. The van der Waals surface area contributed by atoms with Crippen LogP contribution in [0.3, 0.4) is 0 Å². The summed E-state index contributed by atoms with van der Waals surface area (Å²) in [5.41, 5.74) is 6.02.